The van der Waals surface area contributed by atoms with Crippen LogP contribution in [-0.4, -0.2) is 75.7 Å². The van der Waals surface area contributed by atoms with Gasteiger partial charge >= 0.3 is 11.9 Å². The zero-order chi connectivity index (χ0) is 22.0. The van der Waals surface area contributed by atoms with E-state index < -0.39 is 24.1 Å². The predicted octanol–water partition coefficient (Wildman–Crippen LogP) is 1.28. The second-order valence-corrected chi connectivity index (χ2v) is 8.08. The van der Waals surface area contributed by atoms with Crippen LogP contribution in [0.25, 0.3) is 0 Å². The van der Waals surface area contributed by atoms with Crippen LogP contribution < -0.4 is 5.32 Å². The highest BCUT2D eigenvalue weighted by Gasteiger charge is 2.29. The van der Waals surface area contributed by atoms with Crippen LogP contribution in [0.1, 0.15) is 25.8 Å². The molecule has 1 saturated heterocycles. The molecule has 3 atom stereocenters. The number of aliphatic hydroxyl groups excluding tert-OH is 2. The number of carboxylic acids is 2. The summed E-state index contributed by atoms with van der Waals surface area (Å²) >= 11 is 6.08. The molecule has 1 aromatic rings. The Morgan fingerprint density at radius 2 is 1.83 bits per heavy atom. The molecule has 1 heterocycles. The molecule has 1 aliphatic heterocycles. The average Bonchev–Trinajstić information content (AvgIpc) is 3.13. The summed E-state index contributed by atoms with van der Waals surface area (Å²) in [6.07, 6.45) is -3.22. The number of hydrogen-bond acceptors (Lipinski definition) is 6. The van der Waals surface area contributed by atoms with Gasteiger partial charge in [0.05, 0.1) is 0 Å². The van der Waals surface area contributed by atoms with Crippen LogP contribution in [0.2, 0.25) is 5.02 Å². The number of aliphatic carboxylic acids is 2. The van der Waals surface area contributed by atoms with Crippen LogP contribution in [-0.2, 0) is 16.1 Å². The van der Waals surface area contributed by atoms with Crippen molar-refractivity contribution in [3.05, 3.63) is 34.9 Å². The van der Waals surface area contributed by atoms with Gasteiger partial charge in [-0.25, -0.2) is 9.59 Å². The molecule has 0 amide bonds. The average molecular weight is 431 g/mol. The molecule has 0 radical (unpaired) electrons. The minimum absolute atomic E-state index is 0.702. The van der Waals surface area contributed by atoms with Gasteiger partial charge in [-0.1, -0.05) is 37.6 Å². The molecule has 5 N–H and O–H groups in total. The normalized spacial score (nSPS) is 18.2. The number of nitrogens with one attached hydrogen (secondary N) is 1. The van der Waals surface area contributed by atoms with Gasteiger partial charge in [-0.15, -0.1) is 0 Å². The lowest BCUT2D eigenvalue weighted by Gasteiger charge is -2.27. The molecule has 0 spiro atoms. The maximum absolute atomic E-state index is 9.77. The lowest BCUT2D eigenvalue weighted by molar-refractivity contribution is -0.165. The smallest absolute Gasteiger partial charge is 0.335 e. The standard InChI is InChI=1S/C16H25ClN2.C4H6O6/c1-13(2)10-19(12-15-6-7-18-9-15)11-14-4-3-5-16(17)8-14;5-1(3(7)8)2(6)4(9)10/h3-5,8,13,15,18H,6-7,9-12H2,1-2H3;1-2,5-6H,(H,7,8)(H,9,10)/t15-;1-,2-/m11/s1. The zero-order valence-corrected chi connectivity index (χ0v) is 17.5. The van der Waals surface area contributed by atoms with E-state index in [0.717, 1.165) is 24.0 Å². The van der Waals surface area contributed by atoms with Crippen LogP contribution in [0.3, 0.4) is 0 Å². The van der Waals surface area contributed by atoms with E-state index >= 15 is 0 Å². The van der Waals surface area contributed by atoms with Crippen LogP contribution >= 0.6 is 11.6 Å². The van der Waals surface area contributed by atoms with Gasteiger partial charge in [0.1, 0.15) is 0 Å². The van der Waals surface area contributed by atoms with Gasteiger partial charge in [-0.2, -0.15) is 0 Å². The second-order valence-electron chi connectivity index (χ2n) is 7.64. The van der Waals surface area contributed by atoms with Crippen molar-refractivity contribution >= 4 is 23.5 Å². The van der Waals surface area contributed by atoms with Crippen molar-refractivity contribution in [2.45, 2.75) is 39.0 Å². The quantitative estimate of drug-likeness (QED) is 0.396. The fourth-order valence-electron chi connectivity index (χ4n) is 3.12. The van der Waals surface area contributed by atoms with Gasteiger partial charge in [-0.3, -0.25) is 4.90 Å². The largest absolute Gasteiger partial charge is 0.479 e. The van der Waals surface area contributed by atoms with Gasteiger partial charge < -0.3 is 25.7 Å². The molecule has 1 aromatic carbocycles. The number of halogens is 1. The first kappa shape index (κ1) is 25.3. The number of rotatable bonds is 9. The molecular weight excluding hydrogens is 400 g/mol. The van der Waals surface area contributed by atoms with Crippen LogP contribution in [0.5, 0.6) is 0 Å². The number of carbonyl (C=O) groups is 2. The summed E-state index contributed by atoms with van der Waals surface area (Å²) in [4.78, 5) is 22.1. The second kappa shape index (κ2) is 12.8. The van der Waals surface area contributed by atoms with Gasteiger partial charge in [0, 0.05) is 24.7 Å². The summed E-state index contributed by atoms with van der Waals surface area (Å²) in [5, 5.41) is 36.8. The lowest BCUT2D eigenvalue weighted by Crippen LogP contribution is -2.39. The Morgan fingerprint density at radius 3 is 2.28 bits per heavy atom. The Morgan fingerprint density at radius 1 is 1.21 bits per heavy atom. The molecule has 1 fully saturated rings. The third-order valence-electron chi connectivity index (χ3n) is 4.40. The molecule has 0 bridgehead atoms. The Kier molecular flexibility index (Phi) is 11.2. The predicted molar refractivity (Wildman–Crippen MR) is 110 cm³/mol. The SMILES string of the molecule is CC(C)CN(Cc1cccc(Cl)c1)C[C@@H]1CCNC1.O=C(O)[C@H](O)[C@@H](O)C(=O)O. The Labute approximate surface area is 176 Å². The summed E-state index contributed by atoms with van der Waals surface area (Å²) in [6, 6.07) is 8.25. The van der Waals surface area contributed by atoms with Gasteiger partial charge in [0.2, 0.25) is 0 Å². The van der Waals surface area contributed by atoms with Crippen LogP contribution in [0.15, 0.2) is 24.3 Å². The first-order chi connectivity index (χ1) is 13.6. The number of hydrogen-bond donors (Lipinski definition) is 5. The number of nitrogens with zero attached hydrogens (tertiary/aromatic N) is 1. The van der Waals surface area contributed by atoms with E-state index in [1.807, 2.05) is 12.1 Å². The number of carboxylic acid groups (broad SMARTS) is 2. The van der Waals surface area contributed by atoms with Crippen molar-refractivity contribution in [3.8, 4) is 0 Å². The highest BCUT2D eigenvalue weighted by molar-refractivity contribution is 6.30. The minimum Gasteiger partial charge on any atom is -0.479 e. The van der Waals surface area contributed by atoms with Crippen LogP contribution in [0.4, 0.5) is 0 Å². The van der Waals surface area contributed by atoms with E-state index in [0.29, 0.717) is 5.92 Å². The fraction of sp³-hybridized carbons (Fsp3) is 0.600. The third kappa shape index (κ3) is 10.0. The topological polar surface area (TPSA) is 130 Å². The van der Waals surface area contributed by atoms with Crippen molar-refractivity contribution < 1.29 is 30.0 Å². The van der Waals surface area contributed by atoms with E-state index in [1.54, 1.807) is 0 Å². The zero-order valence-electron chi connectivity index (χ0n) is 16.8. The van der Waals surface area contributed by atoms with E-state index in [4.69, 9.17) is 32.0 Å². The molecule has 2 rings (SSSR count). The number of benzene rings is 1. The van der Waals surface area contributed by atoms with Gasteiger partial charge in [0.25, 0.3) is 0 Å². The van der Waals surface area contributed by atoms with E-state index in [9.17, 15) is 9.59 Å². The molecule has 29 heavy (non-hydrogen) atoms. The molecule has 0 aromatic heterocycles. The third-order valence-corrected chi connectivity index (χ3v) is 4.64. The minimum atomic E-state index is -2.27. The van der Waals surface area contributed by atoms with Crippen molar-refractivity contribution in [3.63, 3.8) is 0 Å². The van der Waals surface area contributed by atoms with E-state index in [-0.39, 0.29) is 0 Å². The molecule has 8 nitrogen and oxygen atoms in total. The lowest BCUT2D eigenvalue weighted by atomic mass is 10.1. The first-order valence-corrected chi connectivity index (χ1v) is 9.97. The summed E-state index contributed by atoms with van der Waals surface area (Å²) in [5.41, 5.74) is 1.32. The Hall–Kier alpha value is -1.71. The van der Waals surface area contributed by atoms with Crippen molar-refractivity contribution in [1.29, 1.82) is 0 Å². The van der Waals surface area contributed by atoms with E-state index in [2.05, 4.69) is 36.2 Å². The summed E-state index contributed by atoms with van der Waals surface area (Å²) in [6.45, 7) is 10.3. The fourth-order valence-corrected chi connectivity index (χ4v) is 3.33. The highest BCUT2D eigenvalue weighted by Crippen LogP contribution is 2.16. The van der Waals surface area contributed by atoms with Crippen molar-refractivity contribution in [2.24, 2.45) is 11.8 Å². The molecule has 0 aliphatic carbocycles. The maximum Gasteiger partial charge on any atom is 0.335 e. The first-order valence-electron chi connectivity index (χ1n) is 9.59. The van der Waals surface area contributed by atoms with Gasteiger partial charge in [-0.05, 0) is 49.0 Å². The molecule has 9 heteroatoms. The molecule has 0 saturated carbocycles. The highest BCUT2D eigenvalue weighted by atomic mass is 35.5. The molecular formula is C20H31ClN2O6. The van der Waals surface area contributed by atoms with Crippen LogP contribution in [0, 0.1) is 11.8 Å². The monoisotopic (exact) mass is 430 g/mol. The molecule has 0 unspecified atom stereocenters. The Bertz CT molecular complexity index is 634. The number of aliphatic hydroxyl groups is 2. The summed E-state index contributed by atoms with van der Waals surface area (Å²) in [5.74, 6) is -2.03. The summed E-state index contributed by atoms with van der Waals surface area (Å²) < 4.78 is 0. The maximum atomic E-state index is 9.77. The van der Waals surface area contributed by atoms with E-state index in [1.165, 1.54) is 31.6 Å². The Balaban J connectivity index is 0.000000359. The van der Waals surface area contributed by atoms with Gasteiger partial charge in [0.15, 0.2) is 12.2 Å². The molecule has 164 valence electrons. The van der Waals surface area contributed by atoms with Crippen molar-refractivity contribution in [2.75, 3.05) is 26.2 Å². The molecule has 1 aliphatic rings. The van der Waals surface area contributed by atoms with Crippen molar-refractivity contribution in [1.82, 2.24) is 10.2 Å². The summed E-state index contributed by atoms with van der Waals surface area (Å²) in [7, 11) is 0.